The van der Waals surface area contributed by atoms with Crippen LogP contribution in [0.4, 0.5) is 18.9 Å². The van der Waals surface area contributed by atoms with Gasteiger partial charge in [0.2, 0.25) is 0 Å². The first-order valence-electron chi connectivity index (χ1n) is 9.34. The fourth-order valence-electron chi connectivity index (χ4n) is 2.73. The van der Waals surface area contributed by atoms with Crippen LogP contribution >= 0.6 is 0 Å². The van der Waals surface area contributed by atoms with Crippen LogP contribution in [0.25, 0.3) is 11.1 Å². The van der Waals surface area contributed by atoms with E-state index in [2.05, 4.69) is 14.7 Å². The monoisotopic (exact) mass is 458 g/mol. The van der Waals surface area contributed by atoms with Gasteiger partial charge < -0.3 is 15.2 Å². The second-order valence-corrected chi connectivity index (χ2v) is 6.56. The minimum atomic E-state index is -4.79. The highest BCUT2D eigenvalue weighted by Gasteiger charge is 2.31. The molecule has 0 bridgehead atoms. The lowest BCUT2D eigenvalue weighted by Gasteiger charge is -2.18. The predicted molar refractivity (Wildman–Crippen MR) is 110 cm³/mol. The Morgan fingerprint density at radius 3 is 2.48 bits per heavy atom. The Balaban J connectivity index is 1.67. The molecule has 3 aromatic rings. The van der Waals surface area contributed by atoms with E-state index < -0.39 is 12.3 Å². The molecule has 1 amide bonds. The Morgan fingerprint density at radius 2 is 1.82 bits per heavy atom. The van der Waals surface area contributed by atoms with Gasteiger partial charge in [0.15, 0.2) is 0 Å². The number of nitrogens with two attached hydrogens (primary N) is 2. The van der Waals surface area contributed by atoms with E-state index >= 15 is 0 Å². The molecule has 0 aliphatic heterocycles. The molecule has 9 nitrogen and oxygen atoms in total. The molecule has 3 rings (SSSR count). The zero-order valence-electron chi connectivity index (χ0n) is 16.9. The number of halogens is 3. The lowest BCUT2D eigenvalue weighted by atomic mass is 10.0. The van der Waals surface area contributed by atoms with Crippen molar-refractivity contribution >= 4 is 11.6 Å². The third kappa shape index (κ3) is 6.31. The molecule has 2 aromatic carbocycles. The number of aromatic nitrogens is 2. The van der Waals surface area contributed by atoms with Crippen LogP contribution in [-0.2, 0) is 0 Å². The van der Waals surface area contributed by atoms with Gasteiger partial charge in [-0.15, -0.1) is 13.2 Å². The SMILES string of the molecule is N#Cc1ccnc(OCCN(N)C(=O)c2cc(-c3ccc(OC(F)(F)F)cc3)ccc2N)n1. The topological polar surface area (TPSA) is 140 Å². The molecule has 0 aliphatic carbocycles. The summed E-state index contributed by atoms with van der Waals surface area (Å²) in [7, 11) is 0. The summed E-state index contributed by atoms with van der Waals surface area (Å²) < 4.78 is 46.1. The second kappa shape index (κ2) is 9.84. The van der Waals surface area contributed by atoms with Crippen LogP contribution in [0, 0.1) is 11.3 Å². The van der Waals surface area contributed by atoms with Gasteiger partial charge in [0, 0.05) is 11.9 Å². The first-order chi connectivity index (χ1) is 15.7. The molecular weight excluding hydrogens is 441 g/mol. The smallest absolute Gasteiger partial charge is 0.461 e. The Morgan fingerprint density at radius 1 is 1.12 bits per heavy atom. The number of hydrogen-bond acceptors (Lipinski definition) is 8. The number of hydrazine groups is 1. The quantitative estimate of drug-likeness (QED) is 0.238. The Hall–Kier alpha value is -4.37. The van der Waals surface area contributed by atoms with Gasteiger partial charge >= 0.3 is 12.4 Å². The predicted octanol–water partition coefficient (Wildman–Crippen LogP) is 2.89. The standard InChI is InChI=1S/C21H17F3N6O3/c22-21(23,24)33-16-4-1-13(2-5-16)14-3-6-18(26)17(11-14)19(31)30(27)9-10-32-20-28-8-7-15(12-25)29-20/h1-8,11H,9-10,26-27H2. The highest BCUT2D eigenvalue weighted by molar-refractivity contribution is 6.00. The average Bonchev–Trinajstić information content (AvgIpc) is 2.78. The molecule has 0 spiro atoms. The van der Waals surface area contributed by atoms with Crippen LogP contribution in [0.1, 0.15) is 16.1 Å². The first kappa shape index (κ1) is 23.3. The summed E-state index contributed by atoms with van der Waals surface area (Å²) in [5.74, 6) is 4.88. The molecule has 0 unspecified atom stereocenters. The van der Waals surface area contributed by atoms with Crippen LogP contribution in [0.2, 0.25) is 0 Å². The zero-order chi connectivity index (χ0) is 24.0. The molecule has 0 saturated carbocycles. The van der Waals surface area contributed by atoms with Gasteiger partial charge in [-0.1, -0.05) is 18.2 Å². The van der Waals surface area contributed by atoms with Crippen LogP contribution in [0.3, 0.4) is 0 Å². The number of nitrogens with zero attached hydrogens (tertiary/aromatic N) is 4. The van der Waals surface area contributed by atoms with Crippen LogP contribution in [0.15, 0.2) is 54.7 Å². The normalized spacial score (nSPS) is 10.9. The Bertz CT molecular complexity index is 1180. The van der Waals surface area contributed by atoms with Crippen LogP contribution in [-0.4, -0.2) is 40.4 Å². The summed E-state index contributed by atoms with van der Waals surface area (Å²) in [5, 5.41) is 9.72. The van der Waals surface area contributed by atoms with Crippen molar-refractivity contribution in [1.82, 2.24) is 15.0 Å². The van der Waals surface area contributed by atoms with Crippen LogP contribution < -0.4 is 21.1 Å². The third-order valence-electron chi connectivity index (χ3n) is 4.28. The molecule has 0 saturated heterocycles. The van der Waals surface area contributed by atoms with E-state index in [-0.39, 0.29) is 41.9 Å². The lowest BCUT2D eigenvalue weighted by molar-refractivity contribution is -0.274. The number of benzene rings is 2. The molecule has 0 radical (unpaired) electrons. The number of anilines is 1. The number of hydrogen-bond donors (Lipinski definition) is 2. The summed E-state index contributed by atoms with van der Waals surface area (Å²) >= 11 is 0. The largest absolute Gasteiger partial charge is 0.573 e. The van der Waals surface area contributed by atoms with Crippen molar-refractivity contribution in [2.75, 3.05) is 18.9 Å². The van der Waals surface area contributed by atoms with E-state index in [1.54, 1.807) is 6.07 Å². The van der Waals surface area contributed by atoms with Gasteiger partial charge in [-0.05, 0) is 41.5 Å². The molecular formula is C21H17F3N6O3. The number of carbonyl (C=O) groups excluding carboxylic acids is 1. The number of ether oxygens (including phenoxy) is 2. The molecule has 1 heterocycles. The molecule has 33 heavy (non-hydrogen) atoms. The average molecular weight is 458 g/mol. The van der Waals surface area contributed by atoms with E-state index in [0.29, 0.717) is 11.1 Å². The van der Waals surface area contributed by atoms with Gasteiger partial charge in [-0.3, -0.25) is 9.80 Å². The van der Waals surface area contributed by atoms with Gasteiger partial charge in [0.1, 0.15) is 24.1 Å². The fourth-order valence-corrected chi connectivity index (χ4v) is 2.73. The minimum absolute atomic E-state index is 0.0330. The molecule has 170 valence electrons. The van der Waals surface area contributed by atoms with E-state index in [0.717, 1.165) is 17.1 Å². The first-order valence-corrected chi connectivity index (χ1v) is 9.34. The third-order valence-corrected chi connectivity index (χ3v) is 4.28. The van der Waals surface area contributed by atoms with E-state index in [1.807, 2.05) is 6.07 Å². The van der Waals surface area contributed by atoms with E-state index in [9.17, 15) is 18.0 Å². The molecule has 0 fully saturated rings. The van der Waals surface area contributed by atoms with Crippen molar-refractivity contribution < 1.29 is 27.4 Å². The molecule has 1 aromatic heterocycles. The van der Waals surface area contributed by atoms with Crippen molar-refractivity contribution in [3.05, 3.63) is 66.0 Å². The van der Waals surface area contributed by atoms with Gasteiger partial charge in [0.05, 0.1) is 12.1 Å². The minimum Gasteiger partial charge on any atom is -0.461 e. The number of alkyl halides is 3. The molecule has 0 atom stereocenters. The van der Waals surface area contributed by atoms with Crippen molar-refractivity contribution in [2.24, 2.45) is 5.84 Å². The van der Waals surface area contributed by atoms with Crippen molar-refractivity contribution in [2.45, 2.75) is 6.36 Å². The van der Waals surface area contributed by atoms with Gasteiger partial charge in [0.25, 0.3) is 5.91 Å². The second-order valence-electron chi connectivity index (χ2n) is 6.56. The number of rotatable bonds is 7. The summed E-state index contributed by atoms with van der Waals surface area (Å²) in [6.07, 6.45) is -3.43. The maximum absolute atomic E-state index is 12.7. The summed E-state index contributed by atoms with van der Waals surface area (Å²) in [4.78, 5) is 20.4. The van der Waals surface area contributed by atoms with E-state index in [1.165, 1.54) is 36.5 Å². The molecule has 12 heteroatoms. The number of nitriles is 1. The summed E-state index contributed by atoms with van der Waals surface area (Å²) in [6.45, 7) is -0.0799. The van der Waals surface area contributed by atoms with Crippen LogP contribution in [0.5, 0.6) is 11.8 Å². The number of carbonyl (C=O) groups is 1. The lowest BCUT2D eigenvalue weighted by Crippen LogP contribution is -2.40. The fraction of sp³-hybridized carbons (Fsp3) is 0.143. The summed E-state index contributed by atoms with van der Waals surface area (Å²) in [6, 6.07) is 13.0. The van der Waals surface area contributed by atoms with Gasteiger partial charge in [-0.25, -0.2) is 10.8 Å². The zero-order valence-corrected chi connectivity index (χ0v) is 16.9. The maximum atomic E-state index is 12.7. The molecule has 0 aliphatic rings. The maximum Gasteiger partial charge on any atom is 0.573 e. The Kier molecular flexibility index (Phi) is 6.94. The van der Waals surface area contributed by atoms with Crippen molar-refractivity contribution in [3.8, 4) is 29.0 Å². The van der Waals surface area contributed by atoms with Crippen molar-refractivity contribution in [3.63, 3.8) is 0 Å². The number of nitrogen functional groups attached to an aromatic ring is 1. The van der Waals surface area contributed by atoms with Gasteiger partial charge in [-0.2, -0.15) is 10.2 Å². The molecule has 4 N–H and O–H groups in total. The highest BCUT2D eigenvalue weighted by atomic mass is 19.4. The van der Waals surface area contributed by atoms with E-state index in [4.69, 9.17) is 21.6 Å². The Labute approximate surface area is 185 Å². The number of amides is 1. The van der Waals surface area contributed by atoms with Crippen molar-refractivity contribution in [1.29, 1.82) is 5.26 Å². The summed E-state index contributed by atoms with van der Waals surface area (Å²) in [5.41, 5.74) is 7.40. The highest BCUT2D eigenvalue weighted by Crippen LogP contribution is 2.28.